The van der Waals surface area contributed by atoms with E-state index in [1.807, 2.05) is 31.2 Å². The molecule has 0 bridgehead atoms. The zero-order chi connectivity index (χ0) is 9.26. The molecule has 0 atom stereocenters. The molecule has 0 saturated heterocycles. The van der Waals surface area contributed by atoms with Crippen molar-refractivity contribution in [3.05, 3.63) is 41.4 Å². The summed E-state index contributed by atoms with van der Waals surface area (Å²) in [6, 6.07) is 7.51. The van der Waals surface area contributed by atoms with E-state index >= 15 is 0 Å². The maximum atomic E-state index is 5.85. The zero-order valence-electron chi connectivity index (χ0n) is 7.11. The average Bonchev–Trinajstić information content (AvgIpc) is 2.51. The van der Waals surface area contributed by atoms with E-state index in [0.717, 1.165) is 11.5 Å². The number of halogens is 1. The second kappa shape index (κ2) is 3.18. The van der Waals surface area contributed by atoms with E-state index in [-0.39, 0.29) is 0 Å². The number of nitrogens with zero attached hydrogens (tertiary/aromatic N) is 3. The van der Waals surface area contributed by atoms with Gasteiger partial charge in [-0.05, 0) is 25.1 Å². The van der Waals surface area contributed by atoms with Crippen LogP contribution in [0, 0.1) is 6.92 Å². The van der Waals surface area contributed by atoms with Crippen molar-refractivity contribution in [2.24, 2.45) is 0 Å². The van der Waals surface area contributed by atoms with Crippen molar-refractivity contribution in [3.63, 3.8) is 0 Å². The highest BCUT2D eigenvalue weighted by Crippen LogP contribution is 2.14. The lowest BCUT2D eigenvalue weighted by atomic mass is 10.3. The smallest absolute Gasteiger partial charge is 0.138 e. The summed E-state index contributed by atoms with van der Waals surface area (Å²) in [5.74, 6) is 0.849. The number of aromatic nitrogens is 3. The van der Waals surface area contributed by atoms with Gasteiger partial charge in [-0.15, -0.1) is 0 Å². The van der Waals surface area contributed by atoms with Crippen LogP contribution in [0.4, 0.5) is 0 Å². The van der Waals surface area contributed by atoms with E-state index in [4.69, 9.17) is 11.6 Å². The second-order valence-electron chi connectivity index (χ2n) is 2.70. The largest absolute Gasteiger partial charge is 0.220 e. The summed E-state index contributed by atoms with van der Waals surface area (Å²) in [6.07, 6.45) is 1.52. The maximum absolute atomic E-state index is 5.85. The molecule has 0 unspecified atom stereocenters. The first-order valence-electron chi connectivity index (χ1n) is 3.90. The first-order valence-corrected chi connectivity index (χ1v) is 4.28. The van der Waals surface area contributed by atoms with Crippen LogP contribution in [-0.2, 0) is 0 Å². The fourth-order valence-corrected chi connectivity index (χ4v) is 1.35. The molecule has 66 valence electrons. The standard InChI is InChI=1S/C9H8ClN3/c1-7-11-6-12-13(7)9-4-2-3-8(10)5-9/h2-6H,1H3. The lowest BCUT2D eigenvalue weighted by molar-refractivity contribution is 0.840. The highest BCUT2D eigenvalue weighted by atomic mass is 35.5. The topological polar surface area (TPSA) is 30.7 Å². The van der Waals surface area contributed by atoms with E-state index in [0.29, 0.717) is 5.02 Å². The number of rotatable bonds is 1. The minimum absolute atomic E-state index is 0.701. The maximum Gasteiger partial charge on any atom is 0.138 e. The molecule has 2 aromatic rings. The molecule has 0 amide bonds. The van der Waals surface area contributed by atoms with Gasteiger partial charge >= 0.3 is 0 Å². The quantitative estimate of drug-likeness (QED) is 0.696. The van der Waals surface area contributed by atoms with E-state index < -0.39 is 0 Å². The Labute approximate surface area is 81.0 Å². The van der Waals surface area contributed by atoms with Crippen LogP contribution < -0.4 is 0 Å². The molecule has 0 aliphatic heterocycles. The molecule has 0 aliphatic carbocycles. The van der Waals surface area contributed by atoms with Gasteiger partial charge in [0.05, 0.1) is 5.69 Å². The molecule has 0 aliphatic rings. The molecule has 0 saturated carbocycles. The van der Waals surface area contributed by atoms with Crippen molar-refractivity contribution in [3.8, 4) is 5.69 Å². The van der Waals surface area contributed by atoms with Gasteiger partial charge in [0.2, 0.25) is 0 Å². The Bertz CT molecular complexity index is 422. The van der Waals surface area contributed by atoms with Gasteiger partial charge in [-0.25, -0.2) is 9.67 Å². The van der Waals surface area contributed by atoms with Crippen molar-refractivity contribution < 1.29 is 0 Å². The van der Waals surface area contributed by atoms with Gasteiger partial charge in [0.1, 0.15) is 12.2 Å². The van der Waals surface area contributed by atoms with Crippen LogP contribution in [-0.4, -0.2) is 14.8 Å². The third-order valence-electron chi connectivity index (χ3n) is 1.77. The lowest BCUT2D eigenvalue weighted by Crippen LogP contribution is -1.98. The van der Waals surface area contributed by atoms with Gasteiger partial charge in [0.15, 0.2) is 0 Å². The molecule has 1 aromatic heterocycles. The fraction of sp³-hybridized carbons (Fsp3) is 0.111. The number of benzene rings is 1. The predicted molar refractivity (Wildman–Crippen MR) is 51.1 cm³/mol. The molecule has 1 aromatic carbocycles. The molecule has 0 spiro atoms. The highest BCUT2D eigenvalue weighted by molar-refractivity contribution is 6.30. The Morgan fingerprint density at radius 1 is 1.38 bits per heavy atom. The van der Waals surface area contributed by atoms with Crippen LogP contribution in [0.2, 0.25) is 5.02 Å². The normalized spacial score (nSPS) is 10.3. The first kappa shape index (κ1) is 8.26. The molecule has 13 heavy (non-hydrogen) atoms. The van der Waals surface area contributed by atoms with Gasteiger partial charge in [-0.1, -0.05) is 17.7 Å². The number of hydrogen-bond donors (Lipinski definition) is 0. The van der Waals surface area contributed by atoms with E-state index in [9.17, 15) is 0 Å². The summed E-state index contributed by atoms with van der Waals surface area (Å²) in [7, 11) is 0. The Kier molecular flexibility index (Phi) is 2.02. The number of aryl methyl sites for hydroxylation is 1. The summed E-state index contributed by atoms with van der Waals surface area (Å²) >= 11 is 5.85. The highest BCUT2D eigenvalue weighted by Gasteiger charge is 2.01. The van der Waals surface area contributed by atoms with Crippen LogP contribution >= 0.6 is 11.6 Å². The third-order valence-corrected chi connectivity index (χ3v) is 2.01. The van der Waals surface area contributed by atoms with E-state index in [1.54, 1.807) is 4.68 Å². The van der Waals surface area contributed by atoms with Gasteiger partial charge in [-0.2, -0.15) is 5.10 Å². The molecular weight excluding hydrogens is 186 g/mol. The van der Waals surface area contributed by atoms with Gasteiger partial charge in [0.25, 0.3) is 0 Å². The first-order chi connectivity index (χ1) is 6.27. The van der Waals surface area contributed by atoms with Crippen molar-refractivity contribution in [2.45, 2.75) is 6.92 Å². The molecule has 0 fully saturated rings. The molecule has 0 N–H and O–H groups in total. The van der Waals surface area contributed by atoms with Crippen LogP contribution in [0.3, 0.4) is 0 Å². The molecular formula is C9H8ClN3. The Morgan fingerprint density at radius 2 is 2.23 bits per heavy atom. The predicted octanol–water partition coefficient (Wildman–Crippen LogP) is 2.23. The van der Waals surface area contributed by atoms with Crippen LogP contribution in [0.1, 0.15) is 5.82 Å². The van der Waals surface area contributed by atoms with Gasteiger partial charge < -0.3 is 0 Å². The zero-order valence-corrected chi connectivity index (χ0v) is 7.86. The van der Waals surface area contributed by atoms with Gasteiger partial charge in [0, 0.05) is 5.02 Å². The molecule has 0 radical (unpaired) electrons. The van der Waals surface area contributed by atoms with Crippen molar-refractivity contribution in [1.82, 2.24) is 14.8 Å². The van der Waals surface area contributed by atoms with Crippen LogP contribution in [0.5, 0.6) is 0 Å². The van der Waals surface area contributed by atoms with E-state index in [2.05, 4.69) is 10.1 Å². The molecule has 1 heterocycles. The number of hydrogen-bond acceptors (Lipinski definition) is 2. The Morgan fingerprint density at radius 3 is 2.85 bits per heavy atom. The van der Waals surface area contributed by atoms with Gasteiger partial charge in [-0.3, -0.25) is 0 Å². The third kappa shape index (κ3) is 1.55. The second-order valence-corrected chi connectivity index (χ2v) is 3.14. The molecule has 2 rings (SSSR count). The van der Waals surface area contributed by atoms with Crippen molar-refractivity contribution >= 4 is 11.6 Å². The Hall–Kier alpha value is -1.35. The minimum Gasteiger partial charge on any atom is -0.220 e. The lowest BCUT2D eigenvalue weighted by Gasteiger charge is -2.02. The monoisotopic (exact) mass is 193 g/mol. The van der Waals surface area contributed by atoms with Crippen LogP contribution in [0.15, 0.2) is 30.6 Å². The summed E-state index contributed by atoms with van der Waals surface area (Å²) < 4.78 is 1.74. The molecule has 4 heteroatoms. The fourth-order valence-electron chi connectivity index (χ4n) is 1.16. The Balaban J connectivity index is 2.53. The van der Waals surface area contributed by atoms with Crippen molar-refractivity contribution in [1.29, 1.82) is 0 Å². The van der Waals surface area contributed by atoms with E-state index in [1.165, 1.54) is 6.33 Å². The summed E-state index contributed by atoms with van der Waals surface area (Å²) in [4.78, 5) is 4.03. The summed E-state index contributed by atoms with van der Waals surface area (Å²) in [6.45, 7) is 1.90. The van der Waals surface area contributed by atoms with Crippen LogP contribution in [0.25, 0.3) is 5.69 Å². The minimum atomic E-state index is 0.701. The SMILES string of the molecule is Cc1ncnn1-c1cccc(Cl)c1. The molecule has 3 nitrogen and oxygen atoms in total. The summed E-state index contributed by atoms with van der Waals surface area (Å²) in [5.41, 5.74) is 0.933. The van der Waals surface area contributed by atoms with Crippen molar-refractivity contribution in [2.75, 3.05) is 0 Å². The average molecular weight is 194 g/mol. The summed E-state index contributed by atoms with van der Waals surface area (Å²) in [5, 5.41) is 4.78.